The molecule has 3 rings (SSSR count). The highest BCUT2D eigenvalue weighted by Gasteiger charge is 2.32. The zero-order chi connectivity index (χ0) is 12.7. The van der Waals surface area contributed by atoms with Crippen LogP contribution in [0.1, 0.15) is 23.7 Å². The second-order valence-corrected chi connectivity index (χ2v) is 4.84. The number of carboxylic acids is 1. The molecule has 1 aromatic carbocycles. The molecule has 0 aliphatic heterocycles. The van der Waals surface area contributed by atoms with Gasteiger partial charge < -0.3 is 10.4 Å². The van der Waals surface area contributed by atoms with Gasteiger partial charge in [0.2, 0.25) is 0 Å². The van der Waals surface area contributed by atoms with Gasteiger partial charge in [-0.15, -0.1) is 0 Å². The second-order valence-electron chi connectivity index (χ2n) is 4.84. The number of rotatable bonds is 3. The fourth-order valence-electron chi connectivity index (χ4n) is 2.14. The van der Waals surface area contributed by atoms with Gasteiger partial charge in [0.25, 0.3) is 0 Å². The van der Waals surface area contributed by atoms with E-state index in [9.17, 15) is 9.90 Å². The van der Waals surface area contributed by atoms with E-state index in [2.05, 4.69) is 17.2 Å². The Hall–Kier alpha value is -2.10. The van der Waals surface area contributed by atoms with Crippen LogP contribution in [0.5, 0.6) is 0 Å². The van der Waals surface area contributed by atoms with Crippen molar-refractivity contribution in [1.82, 2.24) is 4.98 Å². The van der Waals surface area contributed by atoms with Crippen LogP contribution in [0.4, 0.5) is 5.82 Å². The number of hydrogen-bond acceptors (Lipinski definition) is 3. The lowest BCUT2D eigenvalue weighted by Gasteiger charge is -2.08. The van der Waals surface area contributed by atoms with Crippen molar-refractivity contribution in [3.05, 3.63) is 35.9 Å². The normalized spacial score (nSPS) is 21.8. The highest BCUT2D eigenvalue weighted by atomic mass is 16.4. The molecule has 4 nitrogen and oxygen atoms in total. The predicted molar refractivity (Wildman–Crippen MR) is 69.9 cm³/mol. The summed E-state index contributed by atoms with van der Waals surface area (Å²) < 4.78 is 0. The van der Waals surface area contributed by atoms with Crippen molar-refractivity contribution in [3.63, 3.8) is 0 Å². The minimum atomic E-state index is -0.916. The molecule has 0 radical (unpaired) electrons. The second kappa shape index (κ2) is 3.98. The first-order chi connectivity index (χ1) is 8.65. The van der Waals surface area contributed by atoms with Gasteiger partial charge in [0.15, 0.2) is 0 Å². The first kappa shape index (κ1) is 11.0. The summed E-state index contributed by atoms with van der Waals surface area (Å²) in [5.74, 6) is 0.382. The van der Waals surface area contributed by atoms with Crippen LogP contribution in [-0.4, -0.2) is 22.1 Å². The van der Waals surface area contributed by atoms with Crippen molar-refractivity contribution in [2.24, 2.45) is 5.92 Å². The predicted octanol–water partition coefficient (Wildman–Crippen LogP) is 2.75. The number of nitrogens with one attached hydrogen (secondary N) is 1. The molecule has 2 N–H and O–H groups in total. The summed E-state index contributed by atoms with van der Waals surface area (Å²) >= 11 is 0. The van der Waals surface area contributed by atoms with E-state index in [1.165, 1.54) is 0 Å². The van der Waals surface area contributed by atoms with Crippen LogP contribution in [0.15, 0.2) is 30.3 Å². The Morgan fingerprint density at radius 3 is 2.83 bits per heavy atom. The Morgan fingerprint density at radius 2 is 2.17 bits per heavy atom. The van der Waals surface area contributed by atoms with Gasteiger partial charge in [-0.2, -0.15) is 0 Å². The lowest BCUT2D eigenvalue weighted by molar-refractivity contribution is 0.0699. The molecule has 1 heterocycles. The number of nitrogens with zero attached hydrogens (tertiary/aromatic N) is 1. The average Bonchev–Trinajstić information content (AvgIpc) is 3.03. The van der Waals surface area contributed by atoms with E-state index in [0.29, 0.717) is 34.2 Å². The molecule has 2 unspecified atom stereocenters. The third-order valence-electron chi connectivity index (χ3n) is 3.39. The number of hydrogen-bond donors (Lipinski definition) is 2. The molecule has 1 aliphatic rings. The summed E-state index contributed by atoms with van der Waals surface area (Å²) in [6.45, 7) is 2.16. The van der Waals surface area contributed by atoms with Crippen LogP contribution in [0, 0.1) is 5.92 Å². The van der Waals surface area contributed by atoms with Gasteiger partial charge in [0.05, 0.1) is 11.1 Å². The molecule has 4 heteroatoms. The standard InChI is InChI=1S/C14H14N2O2/c1-8-6-12(8)16-13-7-10(14(17)18)9-4-2-3-5-11(9)15-13/h2-5,7-8,12H,6H2,1H3,(H,15,16)(H,17,18). The van der Waals surface area contributed by atoms with E-state index in [0.717, 1.165) is 6.42 Å². The maximum Gasteiger partial charge on any atom is 0.336 e. The first-order valence-electron chi connectivity index (χ1n) is 6.05. The molecule has 92 valence electrons. The third-order valence-corrected chi connectivity index (χ3v) is 3.39. The number of anilines is 1. The van der Waals surface area contributed by atoms with E-state index in [-0.39, 0.29) is 0 Å². The van der Waals surface area contributed by atoms with Crippen molar-refractivity contribution in [3.8, 4) is 0 Å². The Bertz CT molecular complexity index is 624. The van der Waals surface area contributed by atoms with Crippen LogP contribution >= 0.6 is 0 Å². The minimum absolute atomic E-state index is 0.302. The number of fused-ring (bicyclic) bond motifs is 1. The molecule has 1 fully saturated rings. The van der Waals surface area contributed by atoms with E-state index in [1.807, 2.05) is 18.2 Å². The number of benzene rings is 1. The van der Waals surface area contributed by atoms with Crippen molar-refractivity contribution >= 4 is 22.7 Å². The molecule has 0 amide bonds. The van der Waals surface area contributed by atoms with E-state index >= 15 is 0 Å². The summed E-state index contributed by atoms with van der Waals surface area (Å²) in [6.07, 6.45) is 1.12. The first-order valence-corrected chi connectivity index (χ1v) is 6.05. The fraction of sp³-hybridized carbons (Fsp3) is 0.286. The van der Waals surface area contributed by atoms with Crippen molar-refractivity contribution in [1.29, 1.82) is 0 Å². The number of aromatic nitrogens is 1. The van der Waals surface area contributed by atoms with Crippen LogP contribution in [0.25, 0.3) is 10.9 Å². The molecule has 0 bridgehead atoms. The lowest BCUT2D eigenvalue weighted by atomic mass is 10.1. The van der Waals surface area contributed by atoms with Crippen LogP contribution in [0.3, 0.4) is 0 Å². The summed E-state index contributed by atoms with van der Waals surface area (Å²) in [6, 6.07) is 9.37. The largest absolute Gasteiger partial charge is 0.478 e. The van der Waals surface area contributed by atoms with Crippen LogP contribution in [-0.2, 0) is 0 Å². The molecule has 0 saturated heterocycles. The molecule has 1 aliphatic carbocycles. The minimum Gasteiger partial charge on any atom is -0.478 e. The van der Waals surface area contributed by atoms with Gasteiger partial charge in [-0.05, 0) is 24.5 Å². The highest BCUT2D eigenvalue weighted by Crippen LogP contribution is 2.33. The van der Waals surface area contributed by atoms with E-state index in [4.69, 9.17) is 0 Å². The molecule has 18 heavy (non-hydrogen) atoms. The molecule has 2 atom stereocenters. The molecular formula is C14H14N2O2. The molecular weight excluding hydrogens is 228 g/mol. The van der Waals surface area contributed by atoms with Crippen molar-refractivity contribution in [2.75, 3.05) is 5.32 Å². The quantitative estimate of drug-likeness (QED) is 0.868. The van der Waals surface area contributed by atoms with Crippen molar-refractivity contribution < 1.29 is 9.90 Å². The summed E-state index contributed by atoms with van der Waals surface area (Å²) in [5.41, 5.74) is 1.02. The van der Waals surface area contributed by atoms with Gasteiger partial charge in [-0.1, -0.05) is 25.1 Å². The summed E-state index contributed by atoms with van der Waals surface area (Å²) in [7, 11) is 0. The fourth-order valence-corrected chi connectivity index (χ4v) is 2.14. The number of carboxylic acid groups (broad SMARTS) is 1. The van der Waals surface area contributed by atoms with Crippen LogP contribution in [0.2, 0.25) is 0 Å². The van der Waals surface area contributed by atoms with Crippen LogP contribution < -0.4 is 5.32 Å². The SMILES string of the molecule is CC1CC1Nc1cc(C(=O)O)c2ccccc2n1. The highest BCUT2D eigenvalue weighted by molar-refractivity contribution is 6.03. The van der Waals surface area contributed by atoms with Gasteiger partial charge in [0, 0.05) is 11.4 Å². The number of aromatic carboxylic acids is 1. The van der Waals surface area contributed by atoms with Gasteiger partial charge in [-0.3, -0.25) is 0 Å². The van der Waals surface area contributed by atoms with Gasteiger partial charge in [-0.25, -0.2) is 9.78 Å². The maximum absolute atomic E-state index is 11.3. The van der Waals surface area contributed by atoms with Gasteiger partial charge in [0.1, 0.15) is 5.82 Å². The smallest absolute Gasteiger partial charge is 0.336 e. The Kier molecular flexibility index (Phi) is 2.44. The third kappa shape index (κ3) is 1.90. The number of para-hydroxylation sites is 1. The summed E-state index contributed by atoms with van der Waals surface area (Å²) in [5, 5.41) is 13.2. The zero-order valence-corrected chi connectivity index (χ0v) is 10.1. The average molecular weight is 242 g/mol. The zero-order valence-electron chi connectivity index (χ0n) is 10.1. The molecule has 1 saturated carbocycles. The molecule has 2 aromatic rings. The monoisotopic (exact) mass is 242 g/mol. The lowest BCUT2D eigenvalue weighted by Crippen LogP contribution is -2.08. The Labute approximate surface area is 105 Å². The Balaban J connectivity index is 2.08. The Morgan fingerprint density at radius 1 is 1.44 bits per heavy atom. The van der Waals surface area contributed by atoms with E-state index in [1.54, 1.807) is 12.1 Å². The number of pyridine rings is 1. The number of carbonyl (C=O) groups is 1. The molecule has 0 spiro atoms. The molecule has 1 aromatic heterocycles. The summed E-state index contributed by atoms with van der Waals surface area (Å²) in [4.78, 5) is 15.7. The maximum atomic E-state index is 11.3. The topological polar surface area (TPSA) is 62.2 Å². The van der Waals surface area contributed by atoms with E-state index < -0.39 is 5.97 Å². The van der Waals surface area contributed by atoms with Gasteiger partial charge >= 0.3 is 5.97 Å². The van der Waals surface area contributed by atoms with Crippen molar-refractivity contribution in [2.45, 2.75) is 19.4 Å².